The number of hydrogen-bond acceptors (Lipinski definition) is 5. The molecule has 0 radical (unpaired) electrons. The van der Waals surface area contributed by atoms with Gasteiger partial charge in [-0.25, -0.2) is 14.4 Å². The smallest absolute Gasteiger partial charge is 0.273 e. The van der Waals surface area contributed by atoms with E-state index in [-0.39, 0.29) is 18.0 Å². The Morgan fingerprint density at radius 2 is 2.04 bits per heavy atom. The fourth-order valence-corrected chi connectivity index (χ4v) is 3.83. The van der Waals surface area contributed by atoms with Gasteiger partial charge >= 0.3 is 0 Å². The van der Waals surface area contributed by atoms with Crippen LogP contribution in [0.5, 0.6) is 0 Å². The number of nitrogens with zero attached hydrogens (tertiary/aromatic N) is 4. The number of carbonyl (C=O) groups excluding carboxylic acids is 1. The topological polar surface area (TPSA) is 72.9 Å². The Hall–Kier alpha value is -2.74. The number of fused-ring (bicyclic) bond motifs is 3. The predicted octanol–water partition coefficient (Wildman–Crippen LogP) is 2.13. The van der Waals surface area contributed by atoms with Gasteiger partial charge in [0, 0.05) is 6.20 Å². The molecule has 25 heavy (non-hydrogen) atoms. The largest absolute Gasteiger partial charge is 0.443 e. The minimum atomic E-state index is -0.476. The summed E-state index contributed by atoms with van der Waals surface area (Å²) in [6.45, 7) is 1.10. The maximum atomic E-state index is 14.2. The third-order valence-corrected chi connectivity index (χ3v) is 4.96. The van der Waals surface area contributed by atoms with Crippen LogP contribution >= 0.6 is 0 Å². The standard InChI is InChI=1S/C17H15FN4O3/c18-10-3-13(15-5-19-9-25-15)16-20-4-14(21(16)6-10)17(23)22-11-1-2-12(22)8-24-7-11/h3-6,9,11-12H,1-2,7-8H2. The highest BCUT2D eigenvalue weighted by molar-refractivity contribution is 5.95. The van der Waals surface area contributed by atoms with E-state index in [1.54, 1.807) is 0 Å². The van der Waals surface area contributed by atoms with Gasteiger partial charge in [-0.2, -0.15) is 0 Å². The molecule has 1 amide bonds. The number of ether oxygens (including phenoxy) is 1. The van der Waals surface area contributed by atoms with Crippen LogP contribution in [-0.4, -0.2) is 50.5 Å². The maximum absolute atomic E-state index is 14.2. The zero-order valence-electron chi connectivity index (χ0n) is 13.3. The van der Waals surface area contributed by atoms with Gasteiger partial charge in [0.05, 0.1) is 43.3 Å². The minimum Gasteiger partial charge on any atom is -0.443 e. The molecule has 3 aromatic heterocycles. The first-order valence-electron chi connectivity index (χ1n) is 8.18. The number of imidazole rings is 1. The fourth-order valence-electron chi connectivity index (χ4n) is 3.83. The van der Waals surface area contributed by atoms with Crippen molar-refractivity contribution in [1.82, 2.24) is 19.3 Å². The molecule has 2 fully saturated rings. The van der Waals surface area contributed by atoms with Crippen LogP contribution in [0.2, 0.25) is 0 Å². The highest BCUT2D eigenvalue weighted by Crippen LogP contribution is 2.31. The number of oxazole rings is 1. The van der Waals surface area contributed by atoms with Gasteiger partial charge in [0.25, 0.3) is 5.91 Å². The lowest BCUT2D eigenvalue weighted by molar-refractivity contribution is -0.00751. The number of rotatable bonds is 2. The lowest BCUT2D eigenvalue weighted by Crippen LogP contribution is -2.49. The van der Waals surface area contributed by atoms with E-state index in [9.17, 15) is 9.18 Å². The average molecular weight is 342 g/mol. The predicted molar refractivity (Wildman–Crippen MR) is 84.4 cm³/mol. The summed E-state index contributed by atoms with van der Waals surface area (Å²) in [6.07, 6.45) is 7.41. The van der Waals surface area contributed by atoms with Crippen molar-refractivity contribution in [3.8, 4) is 11.3 Å². The van der Waals surface area contributed by atoms with Gasteiger partial charge in [-0.05, 0) is 18.9 Å². The fraction of sp³-hybridized carbons (Fsp3) is 0.353. The van der Waals surface area contributed by atoms with Gasteiger partial charge in [0.1, 0.15) is 17.2 Å². The molecule has 2 aliphatic heterocycles. The summed E-state index contributed by atoms with van der Waals surface area (Å²) in [6, 6.07) is 1.49. The summed E-state index contributed by atoms with van der Waals surface area (Å²) in [5, 5.41) is 0. The molecule has 0 spiro atoms. The summed E-state index contributed by atoms with van der Waals surface area (Å²) >= 11 is 0. The molecule has 0 aromatic carbocycles. The molecular weight excluding hydrogens is 327 g/mol. The monoisotopic (exact) mass is 342 g/mol. The van der Waals surface area contributed by atoms with Crippen molar-refractivity contribution in [2.24, 2.45) is 0 Å². The lowest BCUT2D eigenvalue weighted by atomic mass is 10.2. The van der Waals surface area contributed by atoms with Gasteiger partial charge in [0.15, 0.2) is 12.2 Å². The van der Waals surface area contributed by atoms with Crippen LogP contribution < -0.4 is 0 Å². The molecule has 5 heterocycles. The Bertz CT molecular complexity index is 936. The van der Waals surface area contributed by atoms with Crippen molar-refractivity contribution in [3.63, 3.8) is 0 Å². The summed E-state index contributed by atoms with van der Waals surface area (Å²) in [4.78, 5) is 23.2. The van der Waals surface area contributed by atoms with Crippen LogP contribution in [0.1, 0.15) is 23.3 Å². The van der Waals surface area contributed by atoms with Crippen molar-refractivity contribution >= 4 is 11.6 Å². The van der Waals surface area contributed by atoms with Gasteiger partial charge in [0.2, 0.25) is 0 Å². The number of pyridine rings is 1. The Morgan fingerprint density at radius 3 is 2.76 bits per heavy atom. The molecule has 2 unspecified atom stereocenters. The summed E-state index contributed by atoms with van der Waals surface area (Å²) in [5.41, 5.74) is 1.26. The average Bonchev–Trinajstić information content (AvgIpc) is 3.32. The Kier molecular flexibility index (Phi) is 3.14. The van der Waals surface area contributed by atoms with E-state index in [0.29, 0.717) is 35.9 Å². The van der Waals surface area contributed by atoms with Crippen molar-refractivity contribution in [3.05, 3.63) is 42.6 Å². The molecule has 3 aromatic rings. The summed E-state index contributed by atoms with van der Waals surface area (Å²) < 4.78 is 26.5. The van der Waals surface area contributed by atoms with Crippen molar-refractivity contribution in [2.75, 3.05) is 13.2 Å². The minimum absolute atomic E-state index is 0.0825. The van der Waals surface area contributed by atoms with E-state index < -0.39 is 5.82 Å². The highest BCUT2D eigenvalue weighted by Gasteiger charge is 2.41. The van der Waals surface area contributed by atoms with Gasteiger partial charge in [-0.15, -0.1) is 0 Å². The second-order valence-electron chi connectivity index (χ2n) is 6.41. The summed E-state index contributed by atoms with van der Waals surface area (Å²) in [5.74, 6) is -0.214. The molecular formula is C17H15FN4O3. The Balaban J connectivity index is 1.62. The molecule has 2 atom stereocenters. The third-order valence-electron chi connectivity index (χ3n) is 4.96. The molecule has 7 nitrogen and oxygen atoms in total. The lowest BCUT2D eigenvalue weighted by Gasteiger charge is -2.34. The first-order valence-corrected chi connectivity index (χ1v) is 8.18. The van der Waals surface area contributed by atoms with E-state index in [2.05, 4.69) is 9.97 Å². The molecule has 0 saturated carbocycles. The number of aromatic nitrogens is 3. The van der Waals surface area contributed by atoms with Crippen LogP contribution in [0.4, 0.5) is 4.39 Å². The van der Waals surface area contributed by atoms with Gasteiger partial charge in [-0.3, -0.25) is 9.20 Å². The number of carbonyl (C=O) groups is 1. The van der Waals surface area contributed by atoms with Gasteiger partial charge in [-0.1, -0.05) is 0 Å². The molecule has 2 bridgehead atoms. The van der Waals surface area contributed by atoms with Crippen LogP contribution in [0, 0.1) is 5.82 Å². The molecule has 2 saturated heterocycles. The Morgan fingerprint density at radius 1 is 1.24 bits per heavy atom. The number of amides is 1. The normalized spacial score (nSPS) is 22.7. The highest BCUT2D eigenvalue weighted by atomic mass is 19.1. The molecule has 0 N–H and O–H groups in total. The molecule has 2 aliphatic rings. The SMILES string of the molecule is O=C(c1cnc2c(-c3cnco3)cc(F)cn12)N1C2CCC1COC2. The Labute approximate surface area is 142 Å². The molecule has 0 aliphatic carbocycles. The summed E-state index contributed by atoms with van der Waals surface area (Å²) in [7, 11) is 0. The zero-order chi connectivity index (χ0) is 17.0. The number of hydrogen-bond donors (Lipinski definition) is 0. The number of morpholine rings is 1. The van der Waals surface area contributed by atoms with E-state index in [1.165, 1.54) is 35.5 Å². The quantitative estimate of drug-likeness (QED) is 0.713. The number of halogens is 1. The maximum Gasteiger partial charge on any atom is 0.273 e. The van der Waals surface area contributed by atoms with Crippen LogP contribution in [0.15, 0.2) is 35.5 Å². The zero-order valence-corrected chi connectivity index (χ0v) is 13.3. The van der Waals surface area contributed by atoms with Crippen molar-refractivity contribution in [2.45, 2.75) is 24.9 Å². The third kappa shape index (κ3) is 2.17. The first-order chi connectivity index (χ1) is 12.2. The van der Waals surface area contributed by atoms with E-state index in [0.717, 1.165) is 12.8 Å². The van der Waals surface area contributed by atoms with Crippen LogP contribution in [0.25, 0.3) is 17.0 Å². The van der Waals surface area contributed by atoms with E-state index in [1.807, 2.05) is 4.90 Å². The second-order valence-corrected chi connectivity index (χ2v) is 6.41. The van der Waals surface area contributed by atoms with Gasteiger partial charge < -0.3 is 14.1 Å². The molecule has 128 valence electrons. The van der Waals surface area contributed by atoms with E-state index >= 15 is 0 Å². The molecule has 5 rings (SSSR count). The second kappa shape index (κ2) is 5.38. The van der Waals surface area contributed by atoms with Crippen molar-refractivity contribution in [1.29, 1.82) is 0 Å². The van der Waals surface area contributed by atoms with Crippen LogP contribution in [0.3, 0.4) is 0 Å². The van der Waals surface area contributed by atoms with Crippen LogP contribution in [-0.2, 0) is 4.74 Å². The first kappa shape index (κ1) is 14.6. The van der Waals surface area contributed by atoms with Crippen molar-refractivity contribution < 1.29 is 18.3 Å². The van der Waals surface area contributed by atoms with E-state index in [4.69, 9.17) is 9.15 Å². The molecule has 8 heteroatoms.